The minimum atomic E-state index is -0.332. The van der Waals surface area contributed by atoms with Crippen LogP contribution in [0.15, 0.2) is 60.9 Å². The second-order valence-corrected chi connectivity index (χ2v) is 7.58. The molecule has 0 radical (unpaired) electrons. The number of rotatable bonds is 5. The molecule has 30 heavy (non-hydrogen) atoms. The van der Waals surface area contributed by atoms with Crippen molar-refractivity contribution >= 4 is 5.91 Å². The van der Waals surface area contributed by atoms with Gasteiger partial charge in [0.2, 0.25) is 0 Å². The van der Waals surface area contributed by atoms with Gasteiger partial charge in [-0.15, -0.1) is 0 Å². The average Bonchev–Trinajstić information content (AvgIpc) is 2.78. The van der Waals surface area contributed by atoms with Gasteiger partial charge in [-0.1, -0.05) is 23.8 Å². The first-order chi connectivity index (χ1) is 14.6. The largest absolute Gasteiger partial charge is 0.484 e. The number of halogens is 1. The van der Waals surface area contributed by atoms with E-state index in [4.69, 9.17) is 4.74 Å². The van der Waals surface area contributed by atoms with Crippen LogP contribution in [0.4, 0.5) is 4.39 Å². The number of ether oxygens (including phenoxy) is 1. The first-order valence-corrected chi connectivity index (χ1v) is 10.1. The molecule has 6 heteroatoms. The first kappa shape index (κ1) is 20.0. The molecule has 1 fully saturated rings. The van der Waals surface area contributed by atoms with Gasteiger partial charge in [0.15, 0.2) is 6.61 Å². The maximum Gasteiger partial charge on any atom is 0.260 e. The van der Waals surface area contributed by atoms with Crippen LogP contribution in [0.1, 0.15) is 30.0 Å². The number of likely N-dealkylation sites (tertiary alicyclic amines) is 1. The number of piperidine rings is 1. The summed E-state index contributed by atoms with van der Waals surface area (Å²) >= 11 is 0. The lowest BCUT2D eigenvalue weighted by Gasteiger charge is -2.33. The molecule has 0 aliphatic carbocycles. The molecule has 1 amide bonds. The Morgan fingerprint density at radius 2 is 1.97 bits per heavy atom. The van der Waals surface area contributed by atoms with Crippen molar-refractivity contribution < 1.29 is 13.9 Å². The van der Waals surface area contributed by atoms with Crippen LogP contribution in [0.5, 0.6) is 5.75 Å². The molecule has 1 saturated heterocycles. The predicted molar refractivity (Wildman–Crippen MR) is 113 cm³/mol. The highest BCUT2D eigenvalue weighted by molar-refractivity contribution is 5.78. The van der Waals surface area contributed by atoms with E-state index < -0.39 is 0 Å². The van der Waals surface area contributed by atoms with Crippen LogP contribution in [-0.4, -0.2) is 40.5 Å². The minimum Gasteiger partial charge on any atom is -0.484 e. The number of hydrogen-bond acceptors (Lipinski definition) is 4. The van der Waals surface area contributed by atoms with Gasteiger partial charge < -0.3 is 9.64 Å². The monoisotopic (exact) mass is 405 g/mol. The van der Waals surface area contributed by atoms with Gasteiger partial charge in [-0.25, -0.2) is 4.39 Å². The number of hydrogen-bond donors (Lipinski definition) is 0. The fourth-order valence-electron chi connectivity index (χ4n) is 3.86. The fraction of sp³-hybridized carbons (Fsp3) is 0.292. The number of nitrogens with zero attached hydrogens (tertiary/aromatic N) is 3. The lowest BCUT2D eigenvalue weighted by molar-refractivity contribution is -0.134. The van der Waals surface area contributed by atoms with Crippen molar-refractivity contribution in [3.8, 4) is 17.0 Å². The van der Waals surface area contributed by atoms with E-state index in [9.17, 15) is 9.18 Å². The highest BCUT2D eigenvalue weighted by Gasteiger charge is 2.28. The third kappa shape index (κ3) is 4.64. The van der Waals surface area contributed by atoms with Crippen molar-refractivity contribution in [3.05, 3.63) is 78.0 Å². The third-order valence-corrected chi connectivity index (χ3v) is 5.35. The van der Waals surface area contributed by atoms with Gasteiger partial charge in [0.1, 0.15) is 11.6 Å². The first-order valence-electron chi connectivity index (χ1n) is 10.1. The average molecular weight is 405 g/mol. The summed E-state index contributed by atoms with van der Waals surface area (Å²) in [5, 5.41) is 0. The van der Waals surface area contributed by atoms with Crippen LogP contribution in [0.2, 0.25) is 0 Å². The molecule has 0 saturated carbocycles. The Morgan fingerprint density at radius 3 is 2.77 bits per heavy atom. The maximum atomic E-state index is 13.0. The summed E-state index contributed by atoms with van der Waals surface area (Å²) in [5.74, 6) is 0.192. The minimum absolute atomic E-state index is 0.0659. The van der Waals surface area contributed by atoms with E-state index in [0.29, 0.717) is 18.8 Å². The van der Waals surface area contributed by atoms with E-state index in [-0.39, 0.29) is 24.2 Å². The van der Waals surface area contributed by atoms with E-state index in [1.54, 1.807) is 12.4 Å². The van der Waals surface area contributed by atoms with Gasteiger partial charge in [-0.05, 0) is 50.1 Å². The lowest BCUT2D eigenvalue weighted by Crippen LogP contribution is -2.41. The molecule has 2 aromatic carbocycles. The molecule has 4 rings (SSSR count). The molecule has 154 valence electrons. The normalized spacial score (nSPS) is 16.3. The van der Waals surface area contributed by atoms with E-state index >= 15 is 0 Å². The quantitative estimate of drug-likeness (QED) is 0.632. The Kier molecular flexibility index (Phi) is 6.02. The summed E-state index contributed by atoms with van der Waals surface area (Å²) in [5.41, 5.74) is 4.02. The molecule has 2 heterocycles. The van der Waals surface area contributed by atoms with Crippen molar-refractivity contribution in [1.82, 2.24) is 14.9 Å². The van der Waals surface area contributed by atoms with Gasteiger partial charge in [0.05, 0.1) is 11.4 Å². The summed E-state index contributed by atoms with van der Waals surface area (Å²) < 4.78 is 18.6. The van der Waals surface area contributed by atoms with Crippen LogP contribution in [-0.2, 0) is 4.79 Å². The van der Waals surface area contributed by atoms with Gasteiger partial charge in [0, 0.05) is 37.0 Å². The summed E-state index contributed by atoms with van der Waals surface area (Å²) in [4.78, 5) is 23.8. The number of aromatic nitrogens is 2. The second kappa shape index (κ2) is 9.03. The molecule has 0 bridgehead atoms. The lowest BCUT2D eigenvalue weighted by atomic mass is 9.91. The van der Waals surface area contributed by atoms with Crippen LogP contribution in [0.3, 0.4) is 0 Å². The molecule has 1 aromatic heterocycles. The van der Waals surface area contributed by atoms with E-state index in [0.717, 1.165) is 29.8 Å². The van der Waals surface area contributed by atoms with E-state index in [1.807, 2.05) is 17.0 Å². The fourth-order valence-corrected chi connectivity index (χ4v) is 3.86. The molecular weight excluding hydrogens is 381 g/mol. The Morgan fingerprint density at radius 1 is 1.17 bits per heavy atom. The molecule has 1 unspecified atom stereocenters. The van der Waals surface area contributed by atoms with Crippen molar-refractivity contribution in [2.24, 2.45) is 0 Å². The van der Waals surface area contributed by atoms with Crippen molar-refractivity contribution in [3.63, 3.8) is 0 Å². The van der Waals surface area contributed by atoms with Crippen molar-refractivity contribution in [1.29, 1.82) is 0 Å². The zero-order valence-electron chi connectivity index (χ0n) is 16.9. The zero-order valence-corrected chi connectivity index (χ0v) is 16.9. The maximum absolute atomic E-state index is 13.0. The van der Waals surface area contributed by atoms with Gasteiger partial charge in [0.25, 0.3) is 5.91 Å². The summed E-state index contributed by atoms with van der Waals surface area (Å²) in [6.45, 7) is 3.27. The summed E-state index contributed by atoms with van der Waals surface area (Å²) in [6, 6.07) is 13.9. The number of aryl methyl sites for hydroxylation is 1. The molecule has 5 nitrogen and oxygen atoms in total. The highest BCUT2D eigenvalue weighted by atomic mass is 19.1. The molecule has 0 spiro atoms. The van der Waals surface area contributed by atoms with E-state index in [1.165, 1.54) is 29.8 Å². The topological polar surface area (TPSA) is 55.3 Å². The third-order valence-electron chi connectivity index (χ3n) is 5.35. The molecule has 0 N–H and O–H groups in total. The van der Waals surface area contributed by atoms with E-state index in [2.05, 4.69) is 29.0 Å². The van der Waals surface area contributed by atoms with Crippen molar-refractivity contribution in [2.45, 2.75) is 25.7 Å². The van der Waals surface area contributed by atoms with Gasteiger partial charge >= 0.3 is 0 Å². The Hall–Kier alpha value is -3.28. The predicted octanol–water partition coefficient (Wildman–Crippen LogP) is 4.38. The summed E-state index contributed by atoms with van der Waals surface area (Å²) in [7, 11) is 0. The second-order valence-electron chi connectivity index (χ2n) is 7.58. The van der Waals surface area contributed by atoms with Crippen LogP contribution < -0.4 is 4.74 Å². The Bertz CT molecular complexity index is 1020. The number of benzene rings is 2. The SMILES string of the molecule is Cc1cccc(-c2nccnc2C2CCCN(C(=O)COc3ccc(F)cc3)C2)c1. The van der Waals surface area contributed by atoms with Crippen LogP contribution in [0, 0.1) is 12.7 Å². The molecular formula is C24H24FN3O2. The van der Waals surface area contributed by atoms with Crippen LogP contribution in [0.25, 0.3) is 11.3 Å². The molecule has 1 aliphatic rings. The molecule has 1 aliphatic heterocycles. The standard InChI is InChI=1S/C24H24FN3O2/c1-17-4-2-5-18(14-17)23-24(27-12-11-26-23)19-6-3-13-28(15-19)22(29)16-30-21-9-7-20(25)8-10-21/h2,4-5,7-12,14,19H,3,6,13,15-16H2,1H3. The number of carbonyl (C=O) groups is 1. The number of carbonyl (C=O) groups excluding carboxylic acids is 1. The molecule has 3 aromatic rings. The number of amides is 1. The molecule has 1 atom stereocenters. The van der Waals surface area contributed by atoms with Gasteiger partial charge in [-0.3, -0.25) is 14.8 Å². The smallest absolute Gasteiger partial charge is 0.260 e. The zero-order chi connectivity index (χ0) is 20.9. The van der Waals surface area contributed by atoms with Crippen molar-refractivity contribution in [2.75, 3.05) is 19.7 Å². The van der Waals surface area contributed by atoms with Crippen LogP contribution >= 0.6 is 0 Å². The highest BCUT2D eigenvalue weighted by Crippen LogP contribution is 2.32. The van der Waals surface area contributed by atoms with Gasteiger partial charge in [-0.2, -0.15) is 0 Å². The summed E-state index contributed by atoms with van der Waals surface area (Å²) in [6.07, 6.45) is 5.29. The Balaban J connectivity index is 1.46. The Labute approximate surface area is 175 Å².